The molecule has 0 aliphatic carbocycles. The standard InChI is InChI=1S/C26H42O4/c1-4-5-6-7-10-13-20-29-25(27)23-16-18-24(19-17-23)26(28)30-21-14-11-8-9-12-15-22(2)3/h16-19,22H,4-15,20-21H2,1-3H3. The maximum absolute atomic E-state index is 12.1. The molecule has 0 saturated heterocycles. The third-order valence-electron chi connectivity index (χ3n) is 5.25. The lowest BCUT2D eigenvalue weighted by Crippen LogP contribution is -2.09. The van der Waals surface area contributed by atoms with E-state index in [4.69, 9.17) is 9.47 Å². The molecule has 4 nitrogen and oxygen atoms in total. The number of carbonyl (C=O) groups is 2. The summed E-state index contributed by atoms with van der Waals surface area (Å²) in [7, 11) is 0. The van der Waals surface area contributed by atoms with Gasteiger partial charge in [-0.3, -0.25) is 0 Å². The van der Waals surface area contributed by atoms with Gasteiger partial charge >= 0.3 is 11.9 Å². The lowest BCUT2D eigenvalue weighted by atomic mass is 10.0. The number of carbonyl (C=O) groups excluding carboxylic acids is 2. The van der Waals surface area contributed by atoms with E-state index in [0.717, 1.165) is 31.6 Å². The van der Waals surface area contributed by atoms with Crippen LogP contribution >= 0.6 is 0 Å². The van der Waals surface area contributed by atoms with Gasteiger partial charge in [0.1, 0.15) is 0 Å². The van der Waals surface area contributed by atoms with E-state index in [-0.39, 0.29) is 11.9 Å². The van der Waals surface area contributed by atoms with Crippen molar-refractivity contribution >= 4 is 11.9 Å². The van der Waals surface area contributed by atoms with Crippen LogP contribution in [0.5, 0.6) is 0 Å². The molecule has 170 valence electrons. The number of benzene rings is 1. The van der Waals surface area contributed by atoms with Crippen molar-refractivity contribution in [3.8, 4) is 0 Å². The molecule has 0 spiro atoms. The van der Waals surface area contributed by atoms with Crippen LogP contribution in [0.4, 0.5) is 0 Å². The van der Waals surface area contributed by atoms with E-state index >= 15 is 0 Å². The van der Waals surface area contributed by atoms with E-state index in [1.165, 1.54) is 51.4 Å². The molecule has 0 saturated carbocycles. The van der Waals surface area contributed by atoms with Crippen LogP contribution in [0.15, 0.2) is 24.3 Å². The molecule has 0 radical (unpaired) electrons. The SMILES string of the molecule is CCCCCCCCOC(=O)c1ccc(C(=O)OCCCCCCCC(C)C)cc1. The Labute approximate surface area is 183 Å². The highest BCUT2D eigenvalue weighted by Crippen LogP contribution is 2.12. The zero-order chi connectivity index (χ0) is 22.0. The smallest absolute Gasteiger partial charge is 0.338 e. The van der Waals surface area contributed by atoms with Crippen molar-refractivity contribution < 1.29 is 19.1 Å². The van der Waals surface area contributed by atoms with Gasteiger partial charge in [0.15, 0.2) is 0 Å². The second-order valence-corrected chi connectivity index (χ2v) is 8.57. The van der Waals surface area contributed by atoms with E-state index in [1.807, 2.05) is 0 Å². The van der Waals surface area contributed by atoms with Crippen molar-refractivity contribution in [1.82, 2.24) is 0 Å². The second-order valence-electron chi connectivity index (χ2n) is 8.57. The van der Waals surface area contributed by atoms with E-state index in [1.54, 1.807) is 24.3 Å². The predicted molar refractivity (Wildman–Crippen MR) is 123 cm³/mol. The summed E-state index contributed by atoms with van der Waals surface area (Å²) in [5, 5.41) is 0. The van der Waals surface area contributed by atoms with Gasteiger partial charge in [0.05, 0.1) is 24.3 Å². The Kier molecular flexibility index (Phi) is 14.8. The van der Waals surface area contributed by atoms with Crippen LogP contribution in [0.2, 0.25) is 0 Å². The van der Waals surface area contributed by atoms with Gasteiger partial charge in [0.2, 0.25) is 0 Å². The number of rotatable bonds is 17. The second kappa shape index (κ2) is 16.9. The van der Waals surface area contributed by atoms with E-state index < -0.39 is 0 Å². The van der Waals surface area contributed by atoms with Gasteiger partial charge in [-0.15, -0.1) is 0 Å². The molecule has 1 aromatic rings. The fourth-order valence-electron chi connectivity index (χ4n) is 3.31. The van der Waals surface area contributed by atoms with Gasteiger partial charge in [-0.2, -0.15) is 0 Å². The first kappa shape index (κ1) is 26.2. The molecule has 1 aromatic carbocycles. The number of ether oxygens (including phenoxy) is 2. The molecule has 0 aliphatic heterocycles. The third-order valence-corrected chi connectivity index (χ3v) is 5.25. The van der Waals surface area contributed by atoms with Crippen molar-refractivity contribution in [2.24, 2.45) is 5.92 Å². The fraction of sp³-hybridized carbons (Fsp3) is 0.692. The van der Waals surface area contributed by atoms with Gasteiger partial charge in [-0.1, -0.05) is 85.0 Å². The summed E-state index contributed by atoms with van der Waals surface area (Å²) in [6.07, 6.45) is 14.0. The zero-order valence-corrected chi connectivity index (χ0v) is 19.4. The topological polar surface area (TPSA) is 52.6 Å². The van der Waals surface area contributed by atoms with Crippen molar-refractivity contribution in [3.05, 3.63) is 35.4 Å². The average Bonchev–Trinajstić information content (AvgIpc) is 2.74. The van der Waals surface area contributed by atoms with Gasteiger partial charge < -0.3 is 9.47 Å². The van der Waals surface area contributed by atoms with Crippen LogP contribution in [0.3, 0.4) is 0 Å². The highest BCUT2D eigenvalue weighted by molar-refractivity contribution is 5.93. The Hall–Kier alpha value is -1.84. The Morgan fingerprint density at radius 2 is 1.07 bits per heavy atom. The van der Waals surface area contributed by atoms with E-state index in [2.05, 4.69) is 20.8 Å². The minimum atomic E-state index is -0.332. The molecule has 0 aromatic heterocycles. The molecular formula is C26H42O4. The molecule has 0 unspecified atom stereocenters. The first-order chi connectivity index (χ1) is 14.5. The van der Waals surface area contributed by atoms with E-state index in [0.29, 0.717) is 24.3 Å². The summed E-state index contributed by atoms with van der Waals surface area (Å²) in [6.45, 7) is 7.61. The monoisotopic (exact) mass is 418 g/mol. The molecule has 0 heterocycles. The first-order valence-electron chi connectivity index (χ1n) is 12.0. The van der Waals surface area contributed by atoms with Crippen LogP contribution in [0.25, 0.3) is 0 Å². The van der Waals surface area contributed by atoms with Crippen LogP contribution in [-0.2, 0) is 9.47 Å². The molecule has 0 bridgehead atoms. The van der Waals surface area contributed by atoms with Crippen LogP contribution in [0, 0.1) is 5.92 Å². The molecule has 0 fully saturated rings. The normalized spacial score (nSPS) is 10.9. The zero-order valence-electron chi connectivity index (χ0n) is 19.4. The molecule has 30 heavy (non-hydrogen) atoms. The number of hydrogen-bond donors (Lipinski definition) is 0. The van der Waals surface area contributed by atoms with Gasteiger partial charge in [-0.25, -0.2) is 9.59 Å². The summed E-state index contributed by atoms with van der Waals surface area (Å²) in [5.74, 6) is 0.113. The average molecular weight is 419 g/mol. The molecule has 4 heteroatoms. The molecule has 0 atom stereocenters. The van der Waals surface area contributed by atoms with Crippen molar-refractivity contribution in [2.75, 3.05) is 13.2 Å². The van der Waals surface area contributed by atoms with Gasteiger partial charge in [-0.05, 0) is 43.0 Å². The number of hydrogen-bond acceptors (Lipinski definition) is 4. The van der Waals surface area contributed by atoms with Crippen molar-refractivity contribution in [3.63, 3.8) is 0 Å². The molecule has 0 amide bonds. The Morgan fingerprint density at radius 3 is 1.50 bits per heavy atom. The lowest BCUT2D eigenvalue weighted by Gasteiger charge is -2.07. The Morgan fingerprint density at radius 1 is 0.667 bits per heavy atom. The van der Waals surface area contributed by atoms with Crippen molar-refractivity contribution in [2.45, 2.75) is 97.8 Å². The Balaban J connectivity index is 2.16. The maximum atomic E-state index is 12.1. The summed E-state index contributed by atoms with van der Waals surface area (Å²) < 4.78 is 10.7. The molecule has 1 rings (SSSR count). The molecular weight excluding hydrogens is 376 g/mol. The van der Waals surface area contributed by atoms with Crippen LogP contribution in [-0.4, -0.2) is 25.2 Å². The quantitative estimate of drug-likeness (QED) is 0.196. The van der Waals surface area contributed by atoms with E-state index in [9.17, 15) is 9.59 Å². The summed E-state index contributed by atoms with van der Waals surface area (Å²) in [4.78, 5) is 24.2. The third kappa shape index (κ3) is 12.7. The summed E-state index contributed by atoms with van der Waals surface area (Å²) in [5.41, 5.74) is 0.943. The first-order valence-corrected chi connectivity index (χ1v) is 12.0. The summed E-state index contributed by atoms with van der Waals surface area (Å²) >= 11 is 0. The molecule has 0 aliphatic rings. The number of unbranched alkanes of at least 4 members (excludes halogenated alkanes) is 9. The fourth-order valence-corrected chi connectivity index (χ4v) is 3.31. The highest BCUT2D eigenvalue weighted by atomic mass is 16.5. The van der Waals surface area contributed by atoms with Crippen LogP contribution < -0.4 is 0 Å². The van der Waals surface area contributed by atoms with Gasteiger partial charge in [0, 0.05) is 0 Å². The van der Waals surface area contributed by atoms with Crippen molar-refractivity contribution in [1.29, 1.82) is 0 Å². The maximum Gasteiger partial charge on any atom is 0.338 e. The predicted octanol–water partition coefficient (Wildman–Crippen LogP) is 7.36. The minimum absolute atomic E-state index is 0.332. The van der Waals surface area contributed by atoms with Gasteiger partial charge in [0.25, 0.3) is 0 Å². The summed E-state index contributed by atoms with van der Waals surface area (Å²) in [6, 6.07) is 6.54. The molecule has 0 N–H and O–H groups in total. The minimum Gasteiger partial charge on any atom is -0.462 e. The van der Waals surface area contributed by atoms with Crippen LogP contribution in [0.1, 0.15) is 119 Å². The number of esters is 2. The Bertz CT molecular complexity index is 577. The highest BCUT2D eigenvalue weighted by Gasteiger charge is 2.11. The lowest BCUT2D eigenvalue weighted by molar-refractivity contribution is 0.0483. The largest absolute Gasteiger partial charge is 0.462 e.